The number of nitrogens with zero attached hydrogens (tertiary/aromatic N) is 3. The standard InChI is InChI=1S/C25H22N4O/c1-16-11-12-18(15-17(16)2)26-23(30)13-14-29-22-10-6-3-7-19(22)24-25(29)28-21-9-5-4-8-20(21)27-24/h3-12,15H,13-14H2,1-2H3,(H,26,30). The van der Waals surface area contributed by atoms with E-state index in [2.05, 4.69) is 28.9 Å². The van der Waals surface area contributed by atoms with E-state index < -0.39 is 0 Å². The summed E-state index contributed by atoms with van der Waals surface area (Å²) in [6, 6.07) is 22.0. The second-order valence-electron chi connectivity index (χ2n) is 7.65. The van der Waals surface area contributed by atoms with Gasteiger partial charge in [-0.05, 0) is 55.3 Å². The highest BCUT2D eigenvalue weighted by molar-refractivity contribution is 6.06. The van der Waals surface area contributed by atoms with Crippen molar-refractivity contribution in [1.29, 1.82) is 0 Å². The first-order valence-electron chi connectivity index (χ1n) is 10.1. The predicted octanol–water partition coefficient (Wildman–Crippen LogP) is 5.38. The molecule has 0 saturated carbocycles. The Bertz CT molecular complexity index is 1420. The van der Waals surface area contributed by atoms with Crippen LogP contribution in [0.5, 0.6) is 0 Å². The fourth-order valence-corrected chi connectivity index (χ4v) is 3.87. The third kappa shape index (κ3) is 3.18. The molecule has 0 fully saturated rings. The molecule has 3 aromatic carbocycles. The van der Waals surface area contributed by atoms with Crippen molar-refractivity contribution < 1.29 is 4.79 Å². The van der Waals surface area contributed by atoms with Gasteiger partial charge in [-0.1, -0.05) is 36.4 Å². The molecule has 1 N–H and O–H groups in total. The number of hydrogen-bond acceptors (Lipinski definition) is 3. The summed E-state index contributed by atoms with van der Waals surface area (Å²) < 4.78 is 2.10. The van der Waals surface area contributed by atoms with Crippen LogP contribution in [0.4, 0.5) is 5.69 Å². The maximum absolute atomic E-state index is 12.6. The highest BCUT2D eigenvalue weighted by Crippen LogP contribution is 2.28. The van der Waals surface area contributed by atoms with Crippen LogP contribution >= 0.6 is 0 Å². The lowest BCUT2D eigenvalue weighted by atomic mass is 10.1. The number of benzene rings is 3. The van der Waals surface area contributed by atoms with E-state index in [4.69, 9.17) is 9.97 Å². The fraction of sp³-hybridized carbons (Fsp3) is 0.160. The van der Waals surface area contributed by atoms with E-state index in [9.17, 15) is 4.79 Å². The average Bonchev–Trinajstić information content (AvgIpc) is 3.06. The van der Waals surface area contributed by atoms with E-state index in [0.29, 0.717) is 13.0 Å². The van der Waals surface area contributed by atoms with Gasteiger partial charge >= 0.3 is 0 Å². The SMILES string of the molecule is Cc1ccc(NC(=O)CCn2c3ccccc3c3nc4ccccc4nc32)cc1C. The van der Waals surface area contributed by atoms with Crippen molar-refractivity contribution in [2.45, 2.75) is 26.8 Å². The summed E-state index contributed by atoms with van der Waals surface area (Å²) in [5.41, 5.74) is 7.67. The molecule has 5 aromatic rings. The van der Waals surface area contributed by atoms with E-state index in [-0.39, 0.29) is 5.91 Å². The highest BCUT2D eigenvalue weighted by atomic mass is 16.1. The number of rotatable bonds is 4. The van der Waals surface area contributed by atoms with Crippen molar-refractivity contribution in [1.82, 2.24) is 14.5 Å². The van der Waals surface area contributed by atoms with Crippen LogP contribution in [-0.4, -0.2) is 20.4 Å². The minimum absolute atomic E-state index is 0.0158. The summed E-state index contributed by atoms with van der Waals surface area (Å²) in [6.07, 6.45) is 0.356. The van der Waals surface area contributed by atoms with Crippen LogP contribution in [0.15, 0.2) is 66.7 Å². The number of carbonyl (C=O) groups excluding carboxylic acids is 1. The molecule has 0 aliphatic heterocycles. The number of aromatic nitrogens is 3. The lowest BCUT2D eigenvalue weighted by Gasteiger charge is -2.09. The monoisotopic (exact) mass is 394 g/mol. The van der Waals surface area contributed by atoms with Crippen molar-refractivity contribution in [3.8, 4) is 0 Å². The van der Waals surface area contributed by atoms with E-state index in [0.717, 1.165) is 44.4 Å². The van der Waals surface area contributed by atoms with E-state index in [1.54, 1.807) is 0 Å². The summed E-state index contributed by atoms with van der Waals surface area (Å²) >= 11 is 0. The summed E-state index contributed by atoms with van der Waals surface area (Å²) in [4.78, 5) is 22.4. The maximum atomic E-state index is 12.6. The molecular formula is C25H22N4O. The molecule has 0 radical (unpaired) electrons. The summed E-state index contributed by atoms with van der Waals surface area (Å²) in [6.45, 7) is 4.65. The minimum Gasteiger partial charge on any atom is -0.326 e. The number of aryl methyl sites for hydroxylation is 3. The minimum atomic E-state index is -0.0158. The Hall–Kier alpha value is -3.73. The third-order valence-electron chi connectivity index (χ3n) is 5.61. The Labute approximate surface area is 174 Å². The van der Waals surface area contributed by atoms with E-state index in [1.165, 1.54) is 5.56 Å². The highest BCUT2D eigenvalue weighted by Gasteiger charge is 2.15. The summed E-state index contributed by atoms with van der Waals surface area (Å²) in [5, 5.41) is 4.07. The molecular weight excluding hydrogens is 372 g/mol. The van der Waals surface area contributed by atoms with Gasteiger partial charge < -0.3 is 9.88 Å². The zero-order valence-corrected chi connectivity index (χ0v) is 17.0. The van der Waals surface area contributed by atoms with Gasteiger partial charge in [-0.3, -0.25) is 4.79 Å². The number of nitrogens with one attached hydrogen (secondary N) is 1. The zero-order valence-electron chi connectivity index (χ0n) is 17.0. The largest absolute Gasteiger partial charge is 0.326 e. The van der Waals surface area contributed by atoms with Gasteiger partial charge in [-0.2, -0.15) is 0 Å². The number of fused-ring (bicyclic) bond motifs is 4. The molecule has 0 aliphatic rings. The molecule has 0 atom stereocenters. The van der Waals surface area contributed by atoms with Gasteiger partial charge in [0.2, 0.25) is 5.91 Å². The van der Waals surface area contributed by atoms with Gasteiger partial charge in [-0.15, -0.1) is 0 Å². The first kappa shape index (κ1) is 18.3. The lowest BCUT2D eigenvalue weighted by molar-refractivity contribution is -0.116. The topological polar surface area (TPSA) is 59.8 Å². The molecule has 148 valence electrons. The Balaban J connectivity index is 1.49. The second-order valence-corrected chi connectivity index (χ2v) is 7.65. The predicted molar refractivity (Wildman–Crippen MR) is 122 cm³/mol. The van der Waals surface area contributed by atoms with Crippen molar-refractivity contribution in [3.63, 3.8) is 0 Å². The van der Waals surface area contributed by atoms with Crippen molar-refractivity contribution in [2.24, 2.45) is 0 Å². The Kier molecular flexibility index (Phi) is 4.43. The Morgan fingerprint density at radius 3 is 2.43 bits per heavy atom. The van der Waals surface area contributed by atoms with Gasteiger partial charge in [0.1, 0.15) is 5.52 Å². The van der Waals surface area contributed by atoms with Gasteiger partial charge in [0.25, 0.3) is 0 Å². The smallest absolute Gasteiger partial charge is 0.226 e. The van der Waals surface area contributed by atoms with Gasteiger partial charge in [0, 0.05) is 24.0 Å². The first-order chi connectivity index (χ1) is 14.6. The van der Waals surface area contributed by atoms with Crippen molar-refractivity contribution >= 4 is 44.7 Å². The lowest BCUT2D eigenvalue weighted by Crippen LogP contribution is -2.14. The number of anilines is 1. The Morgan fingerprint density at radius 2 is 1.63 bits per heavy atom. The van der Waals surface area contributed by atoms with Crippen LogP contribution in [0.3, 0.4) is 0 Å². The molecule has 0 saturated heterocycles. The van der Waals surface area contributed by atoms with Crippen molar-refractivity contribution in [3.05, 3.63) is 77.9 Å². The second kappa shape index (κ2) is 7.26. The molecule has 0 aliphatic carbocycles. The number of amides is 1. The first-order valence-corrected chi connectivity index (χ1v) is 10.1. The molecule has 2 aromatic heterocycles. The van der Waals surface area contributed by atoms with E-state index in [1.807, 2.05) is 61.5 Å². The normalized spacial score (nSPS) is 11.4. The van der Waals surface area contributed by atoms with Crippen LogP contribution in [0.1, 0.15) is 17.5 Å². The molecule has 5 heteroatoms. The zero-order chi connectivity index (χ0) is 20.7. The average molecular weight is 394 g/mol. The van der Waals surface area contributed by atoms with E-state index >= 15 is 0 Å². The molecule has 0 spiro atoms. The van der Waals surface area contributed by atoms with Crippen LogP contribution in [0, 0.1) is 13.8 Å². The molecule has 5 rings (SSSR count). The number of carbonyl (C=O) groups is 1. The number of para-hydroxylation sites is 3. The molecule has 30 heavy (non-hydrogen) atoms. The quantitative estimate of drug-likeness (QED) is 0.445. The summed E-state index contributed by atoms with van der Waals surface area (Å²) in [7, 11) is 0. The van der Waals surface area contributed by atoms with Crippen LogP contribution in [0.25, 0.3) is 33.1 Å². The molecule has 1 amide bonds. The van der Waals surface area contributed by atoms with Crippen molar-refractivity contribution in [2.75, 3.05) is 5.32 Å². The van der Waals surface area contributed by atoms with Crippen LogP contribution in [0.2, 0.25) is 0 Å². The van der Waals surface area contributed by atoms with Gasteiger partial charge in [0.05, 0.1) is 16.6 Å². The molecule has 0 bridgehead atoms. The Morgan fingerprint density at radius 1 is 0.900 bits per heavy atom. The molecule has 5 nitrogen and oxygen atoms in total. The number of hydrogen-bond donors (Lipinski definition) is 1. The summed E-state index contributed by atoms with van der Waals surface area (Å²) in [5.74, 6) is -0.0158. The molecule has 0 unspecified atom stereocenters. The maximum Gasteiger partial charge on any atom is 0.226 e. The molecule has 2 heterocycles. The third-order valence-corrected chi connectivity index (χ3v) is 5.61. The van der Waals surface area contributed by atoms with Crippen LogP contribution < -0.4 is 5.32 Å². The van der Waals surface area contributed by atoms with Gasteiger partial charge in [0.15, 0.2) is 5.65 Å². The van der Waals surface area contributed by atoms with Gasteiger partial charge in [-0.25, -0.2) is 9.97 Å². The fourth-order valence-electron chi connectivity index (χ4n) is 3.87. The van der Waals surface area contributed by atoms with Crippen LogP contribution in [-0.2, 0) is 11.3 Å².